The molecular formula is C16H37OP. The molecular weight excluding hydrogens is 239 g/mol. The van der Waals surface area contributed by atoms with E-state index in [4.69, 9.17) is 5.11 Å². The van der Waals surface area contributed by atoms with Crippen LogP contribution in [0.25, 0.3) is 0 Å². The van der Waals surface area contributed by atoms with Crippen molar-refractivity contribution in [2.24, 2.45) is 0 Å². The van der Waals surface area contributed by atoms with Gasteiger partial charge in [-0.2, -0.15) is 0 Å². The van der Waals surface area contributed by atoms with E-state index in [1.165, 1.54) is 51.1 Å². The predicted octanol–water partition coefficient (Wildman–Crippen LogP) is 4.91. The normalized spacial score (nSPS) is 12.9. The van der Waals surface area contributed by atoms with Crippen LogP contribution in [-0.4, -0.2) is 36.4 Å². The molecule has 0 amide bonds. The fraction of sp³-hybridized carbons (Fsp3) is 1.00. The molecule has 0 aliphatic rings. The minimum absolute atomic E-state index is 0.389. The van der Waals surface area contributed by atoms with Gasteiger partial charge in [-0.3, -0.25) is 0 Å². The van der Waals surface area contributed by atoms with Gasteiger partial charge in [-0.25, -0.2) is 0 Å². The van der Waals surface area contributed by atoms with E-state index in [0.29, 0.717) is 6.61 Å². The van der Waals surface area contributed by atoms with Crippen LogP contribution in [0, 0.1) is 0 Å². The average Bonchev–Trinajstić information content (AvgIpc) is 2.40. The van der Waals surface area contributed by atoms with Crippen LogP contribution in [0.1, 0.15) is 72.1 Å². The molecule has 1 N–H and O–H groups in total. The van der Waals surface area contributed by atoms with Gasteiger partial charge in [0.05, 0.1) is 0 Å². The molecule has 0 unspecified atom stereocenters. The van der Waals surface area contributed by atoms with Gasteiger partial charge in [-0.15, -0.1) is 0 Å². The van der Waals surface area contributed by atoms with Gasteiger partial charge >= 0.3 is 116 Å². The quantitative estimate of drug-likeness (QED) is 0.374. The van der Waals surface area contributed by atoms with E-state index in [1.54, 1.807) is 18.5 Å². The van der Waals surface area contributed by atoms with Crippen LogP contribution in [0.5, 0.6) is 0 Å². The van der Waals surface area contributed by atoms with Crippen molar-refractivity contribution in [3.63, 3.8) is 0 Å². The fourth-order valence-corrected chi connectivity index (χ4v) is 8.83. The van der Waals surface area contributed by atoms with E-state index in [9.17, 15) is 0 Å². The first kappa shape index (κ1) is 18.4. The maximum absolute atomic E-state index is 9.01. The molecule has 0 aliphatic heterocycles. The molecule has 0 radical (unpaired) electrons. The third-order valence-electron chi connectivity index (χ3n) is 4.30. The van der Waals surface area contributed by atoms with Crippen molar-refractivity contribution in [1.82, 2.24) is 0 Å². The van der Waals surface area contributed by atoms with Crippen LogP contribution in [0.2, 0.25) is 0 Å². The van der Waals surface area contributed by atoms with Crippen LogP contribution >= 0.6 is 7.26 Å². The van der Waals surface area contributed by atoms with Gasteiger partial charge in [0.2, 0.25) is 0 Å². The van der Waals surface area contributed by atoms with Crippen molar-refractivity contribution < 1.29 is 5.11 Å². The summed E-state index contributed by atoms with van der Waals surface area (Å²) >= 11 is 0. The molecule has 0 spiro atoms. The first-order chi connectivity index (χ1) is 8.74. The Bertz CT molecular complexity index is 149. The zero-order valence-corrected chi connectivity index (χ0v) is 14.1. The molecule has 1 nitrogen and oxygen atoms in total. The summed E-state index contributed by atoms with van der Waals surface area (Å²) in [5.74, 6) is 0. The maximum atomic E-state index is 9.01. The summed E-state index contributed by atoms with van der Waals surface area (Å²) in [7, 11) is -1.01. The number of unbranched alkanes of at least 4 members (excludes halogenated alkanes) is 4. The molecule has 0 fully saturated rings. The number of rotatable bonds is 13. The van der Waals surface area contributed by atoms with E-state index >= 15 is 0 Å². The Morgan fingerprint density at radius 3 is 1.33 bits per heavy atom. The van der Waals surface area contributed by atoms with Crippen molar-refractivity contribution in [2.45, 2.75) is 72.1 Å². The van der Waals surface area contributed by atoms with E-state index in [0.717, 1.165) is 6.42 Å². The first-order valence-corrected chi connectivity index (χ1v) is 11.2. The van der Waals surface area contributed by atoms with Crippen LogP contribution in [0.15, 0.2) is 0 Å². The molecule has 2 heteroatoms. The standard InChI is InChI=1S/C16H37OP/c1-4-7-13-18(14-8-5-2,15-9-6-3)16-11-10-12-17/h17-18H,4-16H2,1-3H3. The Balaban J connectivity index is 4.41. The first-order valence-electron chi connectivity index (χ1n) is 8.35. The summed E-state index contributed by atoms with van der Waals surface area (Å²) < 4.78 is 0. The Kier molecular flexibility index (Phi) is 12.7. The molecule has 0 atom stereocenters. The molecule has 112 valence electrons. The minimum atomic E-state index is -1.01. The van der Waals surface area contributed by atoms with Crippen LogP contribution in [0.4, 0.5) is 0 Å². The Labute approximate surface area is 116 Å². The molecule has 0 aliphatic carbocycles. The zero-order chi connectivity index (χ0) is 13.7. The Hall–Kier alpha value is 0.390. The van der Waals surface area contributed by atoms with Crippen molar-refractivity contribution in [3.8, 4) is 0 Å². The fourth-order valence-electron chi connectivity index (χ4n) is 3.02. The monoisotopic (exact) mass is 276 g/mol. The van der Waals surface area contributed by atoms with Crippen molar-refractivity contribution in [2.75, 3.05) is 31.3 Å². The van der Waals surface area contributed by atoms with Crippen molar-refractivity contribution in [1.29, 1.82) is 0 Å². The predicted molar refractivity (Wildman–Crippen MR) is 88.8 cm³/mol. The van der Waals surface area contributed by atoms with Gasteiger partial charge in [-0.1, -0.05) is 0 Å². The molecule has 0 aromatic rings. The number of aliphatic hydroxyl groups is 1. The summed E-state index contributed by atoms with van der Waals surface area (Å²) in [4.78, 5) is 0. The van der Waals surface area contributed by atoms with Crippen LogP contribution < -0.4 is 0 Å². The third-order valence-corrected chi connectivity index (χ3v) is 9.95. The van der Waals surface area contributed by atoms with Gasteiger partial charge in [-0.05, 0) is 0 Å². The molecule has 0 saturated carbocycles. The van der Waals surface area contributed by atoms with Gasteiger partial charge in [0, 0.05) is 0 Å². The van der Waals surface area contributed by atoms with Gasteiger partial charge in [0.25, 0.3) is 0 Å². The summed E-state index contributed by atoms with van der Waals surface area (Å²) in [6.07, 6.45) is 16.8. The molecule has 0 saturated heterocycles. The van der Waals surface area contributed by atoms with Crippen molar-refractivity contribution >= 4 is 7.26 Å². The van der Waals surface area contributed by atoms with E-state index < -0.39 is 7.26 Å². The molecule has 0 rings (SSSR count). The molecule has 0 bridgehead atoms. The number of hydrogen-bond donors (Lipinski definition) is 1. The number of hydrogen-bond acceptors (Lipinski definition) is 1. The molecule has 0 aromatic carbocycles. The second-order valence-electron chi connectivity index (χ2n) is 5.99. The second-order valence-corrected chi connectivity index (χ2v) is 11.0. The van der Waals surface area contributed by atoms with Crippen LogP contribution in [-0.2, 0) is 0 Å². The van der Waals surface area contributed by atoms with Gasteiger partial charge < -0.3 is 0 Å². The van der Waals surface area contributed by atoms with E-state index in [2.05, 4.69) is 20.8 Å². The van der Waals surface area contributed by atoms with Gasteiger partial charge in [0.1, 0.15) is 0 Å². The summed E-state index contributed by atoms with van der Waals surface area (Å²) in [6.45, 7) is 7.37. The number of aliphatic hydroxyl groups excluding tert-OH is 1. The molecule has 18 heavy (non-hydrogen) atoms. The summed E-state index contributed by atoms with van der Waals surface area (Å²) in [5, 5.41) is 9.01. The van der Waals surface area contributed by atoms with E-state index in [1.807, 2.05) is 0 Å². The van der Waals surface area contributed by atoms with Gasteiger partial charge in [0.15, 0.2) is 0 Å². The Morgan fingerprint density at radius 1 is 0.611 bits per heavy atom. The summed E-state index contributed by atoms with van der Waals surface area (Å²) in [6, 6.07) is 0. The van der Waals surface area contributed by atoms with Crippen LogP contribution in [0.3, 0.4) is 0 Å². The third kappa shape index (κ3) is 8.48. The zero-order valence-electron chi connectivity index (χ0n) is 13.1. The summed E-state index contributed by atoms with van der Waals surface area (Å²) in [5.41, 5.74) is 0. The SMILES string of the molecule is CCCC[PH](CCCC)(CCCC)CCCCO. The molecule has 0 heterocycles. The average molecular weight is 276 g/mol. The second kappa shape index (κ2) is 12.4. The topological polar surface area (TPSA) is 20.2 Å². The molecule has 0 aromatic heterocycles. The van der Waals surface area contributed by atoms with E-state index in [-0.39, 0.29) is 0 Å². The Morgan fingerprint density at radius 2 is 1.00 bits per heavy atom. The van der Waals surface area contributed by atoms with Crippen molar-refractivity contribution in [3.05, 3.63) is 0 Å².